The van der Waals surface area contributed by atoms with Crippen molar-refractivity contribution in [3.05, 3.63) is 30.3 Å². The Hall–Kier alpha value is -2.04. The summed E-state index contributed by atoms with van der Waals surface area (Å²) in [6.45, 7) is 2.56. The number of aliphatic carboxylic acids is 2. The van der Waals surface area contributed by atoms with Crippen molar-refractivity contribution in [3.63, 3.8) is 0 Å². The van der Waals surface area contributed by atoms with Gasteiger partial charge in [0.2, 0.25) is 0 Å². The molecule has 0 aliphatic rings. The van der Waals surface area contributed by atoms with Crippen molar-refractivity contribution in [3.8, 4) is 0 Å². The van der Waals surface area contributed by atoms with Crippen LogP contribution in [0.15, 0.2) is 30.3 Å². The second-order valence-electron chi connectivity index (χ2n) is 4.52. The predicted molar refractivity (Wildman–Crippen MR) is 72.3 cm³/mol. The van der Waals surface area contributed by atoms with Crippen LogP contribution in [0, 0.1) is 5.92 Å². The van der Waals surface area contributed by atoms with Crippen LogP contribution in [0.4, 0.5) is 5.69 Å². The van der Waals surface area contributed by atoms with Crippen LogP contribution in [-0.4, -0.2) is 35.2 Å². The van der Waals surface area contributed by atoms with Gasteiger partial charge in [-0.25, -0.2) is 0 Å². The summed E-state index contributed by atoms with van der Waals surface area (Å²) in [6.07, 6.45) is 0.585. The number of carbonyl (C=O) groups is 2. The number of rotatable bonds is 8. The molecule has 5 nitrogen and oxygen atoms in total. The zero-order valence-corrected chi connectivity index (χ0v) is 11.0. The smallest absolute Gasteiger partial charge is 0.308 e. The maximum Gasteiger partial charge on any atom is 0.308 e. The molecule has 0 heterocycles. The Kier molecular flexibility index (Phi) is 5.85. The minimum absolute atomic E-state index is 0.0881. The van der Waals surface area contributed by atoms with Crippen LogP contribution in [0.25, 0.3) is 0 Å². The zero-order chi connectivity index (χ0) is 14.3. The van der Waals surface area contributed by atoms with Crippen molar-refractivity contribution >= 4 is 17.6 Å². The number of carboxylic acids is 2. The number of hydrogen-bond donors (Lipinski definition) is 2. The number of benzene rings is 1. The summed E-state index contributed by atoms with van der Waals surface area (Å²) in [5, 5.41) is 17.6. The molecule has 0 aliphatic carbocycles. The van der Waals surface area contributed by atoms with E-state index in [9.17, 15) is 9.59 Å². The van der Waals surface area contributed by atoms with Gasteiger partial charge in [0.15, 0.2) is 0 Å². The summed E-state index contributed by atoms with van der Waals surface area (Å²) >= 11 is 0. The van der Waals surface area contributed by atoms with Crippen LogP contribution in [-0.2, 0) is 9.59 Å². The van der Waals surface area contributed by atoms with E-state index in [1.54, 1.807) is 6.92 Å². The standard InChI is InChI=1S/C14H19NO4/c1-11(14(18)19)10-15(9-5-8-13(16)17)12-6-3-2-4-7-12/h2-4,6-7,11H,5,8-10H2,1H3,(H,16,17)(H,18,19). The fraction of sp³-hybridized carbons (Fsp3) is 0.429. The third kappa shape index (κ3) is 5.42. The van der Waals surface area contributed by atoms with Crippen LogP contribution < -0.4 is 4.90 Å². The molecule has 0 aromatic heterocycles. The number of nitrogens with zero attached hydrogens (tertiary/aromatic N) is 1. The Morgan fingerprint density at radius 3 is 2.37 bits per heavy atom. The van der Waals surface area contributed by atoms with Crippen LogP contribution >= 0.6 is 0 Å². The molecule has 0 fully saturated rings. The predicted octanol–water partition coefficient (Wildman–Crippen LogP) is 2.08. The molecule has 2 N–H and O–H groups in total. The molecule has 0 amide bonds. The van der Waals surface area contributed by atoms with Crippen molar-refractivity contribution < 1.29 is 19.8 Å². The molecule has 0 radical (unpaired) electrons. The van der Waals surface area contributed by atoms with E-state index in [1.165, 1.54) is 0 Å². The van der Waals surface area contributed by atoms with Crippen molar-refractivity contribution in [1.29, 1.82) is 0 Å². The summed E-state index contributed by atoms with van der Waals surface area (Å²) < 4.78 is 0. The molecule has 1 aromatic rings. The molecule has 0 saturated carbocycles. The quantitative estimate of drug-likeness (QED) is 0.752. The second-order valence-corrected chi connectivity index (χ2v) is 4.52. The topological polar surface area (TPSA) is 77.8 Å². The Morgan fingerprint density at radius 2 is 1.84 bits per heavy atom. The minimum atomic E-state index is -0.848. The molecule has 0 spiro atoms. The summed E-state index contributed by atoms with van der Waals surface area (Å²) in [6, 6.07) is 9.44. The highest BCUT2D eigenvalue weighted by Crippen LogP contribution is 2.16. The maximum absolute atomic E-state index is 10.9. The summed E-state index contributed by atoms with van der Waals surface area (Å²) in [4.78, 5) is 23.4. The molecule has 0 aliphatic heterocycles. The minimum Gasteiger partial charge on any atom is -0.481 e. The van der Waals surface area contributed by atoms with Crippen molar-refractivity contribution in [1.82, 2.24) is 0 Å². The zero-order valence-electron chi connectivity index (χ0n) is 11.0. The molecular weight excluding hydrogens is 246 g/mol. The Labute approximate surface area is 112 Å². The molecular formula is C14H19NO4. The van der Waals surface area contributed by atoms with Gasteiger partial charge in [0.25, 0.3) is 0 Å². The number of anilines is 1. The third-order valence-corrected chi connectivity index (χ3v) is 2.86. The van der Waals surface area contributed by atoms with Crippen LogP contribution in [0.3, 0.4) is 0 Å². The third-order valence-electron chi connectivity index (χ3n) is 2.86. The Morgan fingerprint density at radius 1 is 1.21 bits per heavy atom. The van der Waals surface area contributed by atoms with E-state index in [1.807, 2.05) is 35.2 Å². The molecule has 1 aromatic carbocycles. The van der Waals surface area contributed by atoms with Crippen LogP contribution in [0.5, 0.6) is 0 Å². The lowest BCUT2D eigenvalue weighted by Crippen LogP contribution is -2.32. The second kappa shape index (κ2) is 7.41. The lowest BCUT2D eigenvalue weighted by molar-refractivity contribution is -0.141. The first-order chi connectivity index (χ1) is 9.00. The largest absolute Gasteiger partial charge is 0.481 e. The van der Waals surface area contributed by atoms with E-state index in [0.717, 1.165) is 5.69 Å². The molecule has 5 heteroatoms. The highest BCUT2D eigenvalue weighted by atomic mass is 16.4. The van der Waals surface area contributed by atoms with Gasteiger partial charge in [0, 0.05) is 25.2 Å². The van der Waals surface area contributed by atoms with Gasteiger partial charge in [-0.2, -0.15) is 0 Å². The van der Waals surface area contributed by atoms with Crippen LogP contribution in [0.1, 0.15) is 19.8 Å². The van der Waals surface area contributed by atoms with Gasteiger partial charge >= 0.3 is 11.9 Å². The fourth-order valence-electron chi connectivity index (χ4n) is 1.79. The molecule has 1 rings (SSSR count). The average Bonchev–Trinajstić information content (AvgIpc) is 2.38. The van der Waals surface area contributed by atoms with E-state index < -0.39 is 17.9 Å². The number of carboxylic acid groups (broad SMARTS) is 2. The number of para-hydroxylation sites is 1. The molecule has 19 heavy (non-hydrogen) atoms. The highest BCUT2D eigenvalue weighted by Gasteiger charge is 2.16. The van der Waals surface area contributed by atoms with E-state index in [2.05, 4.69) is 0 Å². The van der Waals surface area contributed by atoms with Gasteiger partial charge in [-0.15, -0.1) is 0 Å². The van der Waals surface area contributed by atoms with Crippen molar-refractivity contribution in [2.45, 2.75) is 19.8 Å². The van der Waals surface area contributed by atoms with Gasteiger partial charge in [0.1, 0.15) is 0 Å². The average molecular weight is 265 g/mol. The van der Waals surface area contributed by atoms with E-state index in [4.69, 9.17) is 10.2 Å². The lowest BCUT2D eigenvalue weighted by Gasteiger charge is -2.26. The lowest BCUT2D eigenvalue weighted by atomic mass is 10.1. The SMILES string of the molecule is CC(CN(CCCC(=O)O)c1ccccc1)C(=O)O. The van der Waals surface area contributed by atoms with Gasteiger partial charge in [-0.3, -0.25) is 9.59 Å². The van der Waals surface area contributed by atoms with Crippen LogP contribution in [0.2, 0.25) is 0 Å². The molecule has 1 atom stereocenters. The molecule has 1 unspecified atom stereocenters. The van der Waals surface area contributed by atoms with Gasteiger partial charge < -0.3 is 15.1 Å². The van der Waals surface area contributed by atoms with Gasteiger partial charge in [0.05, 0.1) is 5.92 Å². The highest BCUT2D eigenvalue weighted by molar-refractivity contribution is 5.70. The maximum atomic E-state index is 10.9. The monoisotopic (exact) mass is 265 g/mol. The molecule has 104 valence electrons. The normalized spacial score (nSPS) is 11.8. The van der Waals surface area contributed by atoms with E-state index >= 15 is 0 Å². The first-order valence-electron chi connectivity index (χ1n) is 6.25. The first-order valence-corrected chi connectivity index (χ1v) is 6.25. The van der Waals surface area contributed by atoms with E-state index in [-0.39, 0.29) is 6.42 Å². The van der Waals surface area contributed by atoms with Gasteiger partial charge in [-0.1, -0.05) is 25.1 Å². The summed E-state index contributed by atoms with van der Waals surface area (Å²) in [5.41, 5.74) is 0.918. The summed E-state index contributed by atoms with van der Waals surface area (Å²) in [7, 11) is 0. The fourth-order valence-corrected chi connectivity index (χ4v) is 1.79. The van der Waals surface area contributed by atoms with Crippen molar-refractivity contribution in [2.24, 2.45) is 5.92 Å². The first kappa shape index (κ1) is 15.0. The number of hydrogen-bond acceptors (Lipinski definition) is 3. The summed E-state index contributed by atoms with van der Waals surface area (Å²) in [5.74, 6) is -2.18. The van der Waals surface area contributed by atoms with Crippen molar-refractivity contribution in [2.75, 3.05) is 18.0 Å². The molecule has 0 bridgehead atoms. The Bertz CT molecular complexity index is 419. The Balaban J connectivity index is 2.68. The molecule has 0 saturated heterocycles. The van der Waals surface area contributed by atoms with E-state index in [0.29, 0.717) is 19.5 Å². The van der Waals surface area contributed by atoms with Gasteiger partial charge in [-0.05, 0) is 18.6 Å².